The van der Waals surface area contributed by atoms with Gasteiger partial charge in [0, 0.05) is 12.6 Å². The quantitative estimate of drug-likeness (QED) is 0.679. The average Bonchev–Trinajstić information content (AvgIpc) is 2.51. The van der Waals surface area contributed by atoms with Gasteiger partial charge >= 0.3 is 0 Å². The van der Waals surface area contributed by atoms with Gasteiger partial charge < -0.3 is 20.5 Å². The van der Waals surface area contributed by atoms with Gasteiger partial charge in [-0.15, -0.1) is 6.58 Å². The maximum absolute atomic E-state index is 11.6. The van der Waals surface area contributed by atoms with Crippen molar-refractivity contribution in [1.82, 2.24) is 5.32 Å². The van der Waals surface area contributed by atoms with Crippen LogP contribution < -0.4 is 20.5 Å². The monoisotopic (exact) mass is 292 g/mol. The molecular weight excluding hydrogens is 268 g/mol. The Morgan fingerprint density at radius 3 is 2.90 bits per heavy atom. The predicted octanol–water partition coefficient (Wildman–Crippen LogP) is 1.66. The van der Waals surface area contributed by atoms with Crippen LogP contribution in [0.15, 0.2) is 30.9 Å². The normalized spacial score (nSPS) is 11.6. The van der Waals surface area contributed by atoms with Gasteiger partial charge in [-0.3, -0.25) is 4.79 Å². The number of amides is 1. The van der Waals surface area contributed by atoms with E-state index in [1.807, 2.05) is 13.0 Å². The van der Waals surface area contributed by atoms with E-state index in [1.54, 1.807) is 25.3 Å². The highest BCUT2D eigenvalue weighted by atomic mass is 16.5. The summed E-state index contributed by atoms with van der Waals surface area (Å²) in [5.74, 6) is 1.22. The number of carbonyl (C=O) groups is 1. The molecule has 1 rings (SSSR count). The molecule has 1 aromatic carbocycles. The van der Waals surface area contributed by atoms with Crippen molar-refractivity contribution < 1.29 is 14.3 Å². The highest BCUT2D eigenvalue weighted by molar-refractivity contribution is 5.77. The van der Waals surface area contributed by atoms with Crippen molar-refractivity contribution in [2.45, 2.75) is 25.8 Å². The number of rotatable bonds is 9. The minimum atomic E-state index is -0.184. The topological polar surface area (TPSA) is 73.6 Å². The average molecular weight is 292 g/mol. The van der Waals surface area contributed by atoms with E-state index in [2.05, 4.69) is 11.9 Å². The SMILES string of the molecule is C=CCNC(=O)COc1ccc(OC)cc1CC(N)CC. The second-order valence-corrected chi connectivity index (χ2v) is 4.73. The Bertz CT molecular complexity index is 475. The van der Waals surface area contributed by atoms with Crippen molar-refractivity contribution in [2.24, 2.45) is 5.73 Å². The summed E-state index contributed by atoms with van der Waals surface area (Å²) in [5, 5.41) is 2.67. The maximum atomic E-state index is 11.6. The number of methoxy groups -OCH3 is 1. The summed E-state index contributed by atoms with van der Waals surface area (Å²) in [6, 6.07) is 5.55. The molecule has 0 fully saturated rings. The lowest BCUT2D eigenvalue weighted by atomic mass is 10.0. The first kappa shape index (κ1) is 17.0. The van der Waals surface area contributed by atoms with Crippen LogP contribution in [-0.2, 0) is 11.2 Å². The zero-order valence-electron chi connectivity index (χ0n) is 12.7. The van der Waals surface area contributed by atoms with Gasteiger partial charge in [-0.1, -0.05) is 13.0 Å². The zero-order chi connectivity index (χ0) is 15.7. The van der Waals surface area contributed by atoms with Crippen LogP contribution in [0.2, 0.25) is 0 Å². The number of ether oxygens (including phenoxy) is 2. The van der Waals surface area contributed by atoms with Gasteiger partial charge in [0.05, 0.1) is 7.11 Å². The molecule has 0 heterocycles. The summed E-state index contributed by atoms with van der Waals surface area (Å²) in [6.07, 6.45) is 3.17. The first-order valence-electron chi connectivity index (χ1n) is 7.03. The van der Waals surface area contributed by atoms with Gasteiger partial charge in [0.1, 0.15) is 11.5 Å². The number of hydrogen-bond donors (Lipinski definition) is 2. The van der Waals surface area contributed by atoms with Crippen molar-refractivity contribution in [1.29, 1.82) is 0 Å². The minimum absolute atomic E-state index is 0.0332. The number of hydrogen-bond acceptors (Lipinski definition) is 4. The fourth-order valence-electron chi connectivity index (χ4n) is 1.79. The lowest BCUT2D eigenvalue weighted by molar-refractivity contribution is -0.122. The van der Waals surface area contributed by atoms with Crippen molar-refractivity contribution in [3.05, 3.63) is 36.4 Å². The van der Waals surface area contributed by atoms with Gasteiger partial charge in [0.2, 0.25) is 0 Å². The summed E-state index contributed by atoms with van der Waals surface area (Å²) < 4.78 is 10.8. The molecule has 0 bridgehead atoms. The van der Waals surface area contributed by atoms with E-state index in [0.717, 1.165) is 17.7 Å². The van der Waals surface area contributed by atoms with E-state index >= 15 is 0 Å². The van der Waals surface area contributed by atoms with Crippen LogP contribution in [0.4, 0.5) is 0 Å². The molecule has 1 atom stereocenters. The number of nitrogens with two attached hydrogens (primary N) is 1. The van der Waals surface area contributed by atoms with Gasteiger partial charge in [-0.2, -0.15) is 0 Å². The zero-order valence-corrected chi connectivity index (χ0v) is 12.7. The Morgan fingerprint density at radius 1 is 1.52 bits per heavy atom. The Kier molecular flexibility index (Phi) is 7.32. The molecule has 5 nitrogen and oxygen atoms in total. The standard InChI is InChI=1S/C16H24N2O3/c1-4-8-18-16(19)11-21-15-7-6-14(20-3)10-12(15)9-13(17)5-2/h4,6-7,10,13H,1,5,8-9,11,17H2,2-3H3,(H,18,19). The summed E-state index contributed by atoms with van der Waals surface area (Å²) in [6.45, 7) is 5.97. The Labute approximate surface area is 126 Å². The van der Waals surface area contributed by atoms with Crippen molar-refractivity contribution >= 4 is 5.91 Å². The summed E-state index contributed by atoms with van der Waals surface area (Å²) in [4.78, 5) is 11.6. The lowest BCUT2D eigenvalue weighted by Crippen LogP contribution is -2.29. The van der Waals surface area contributed by atoms with Crippen LogP contribution in [0.5, 0.6) is 11.5 Å². The molecular formula is C16H24N2O3. The lowest BCUT2D eigenvalue weighted by Gasteiger charge is -2.15. The molecule has 0 saturated carbocycles. The second-order valence-electron chi connectivity index (χ2n) is 4.73. The molecule has 21 heavy (non-hydrogen) atoms. The first-order valence-corrected chi connectivity index (χ1v) is 7.03. The molecule has 1 aromatic rings. The van der Waals surface area contributed by atoms with Crippen LogP contribution in [0.1, 0.15) is 18.9 Å². The van der Waals surface area contributed by atoms with Crippen LogP contribution in [0, 0.1) is 0 Å². The Balaban J connectivity index is 2.74. The number of benzene rings is 1. The number of nitrogens with one attached hydrogen (secondary N) is 1. The van der Waals surface area contributed by atoms with Crippen LogP contribution in [0.3, 0.4) is 0 Å². The summed E-state index contributed by atoms with van der Waals surface area (Å²) in [5.41, 5.74) is 6.95. The highest BCUT2D eigenvalue weighted by Crippen LogP contribution is 2.25. The predicted molar refractivity (Wildman–Crippen MR) is 83.7 cm³/mol. The molecule has 0 spiro atoms. The first-order chi connectivity index (χ1) is 10.1. The Morgan fingerprint density at radius 2 is 2.29 bits per heavy atom. The third-order valence-electron chi connectivity index (χ3n) is 3.08. The van der Waals surface area contributed by atoms with Crippen molar-refractivity contribution in [3.8, 4) is 11.5 Å². The smallest absolute Gasteiger partial charge is 0.258 e. The third-order valence-corrected chi connectivity index (χ3v) is 3.08. The fourth-order valence-corrected chi connectivity index (χ4v) is 1.79. The fraction of sp³-hybridized carbons (Fsp3) is 0.438. The molecule has 3 N–H and O–H groups in total. The molecule has 0 aliphatic carbocycles. The van der Waals surface area contributed by atoms with E-state index in [-0.39, 0.29) is 18.6 Å². The van der Waals surface area contributed by atoms with Crippen molar-refractivity contribution in [3.63, 3.8) is 0 Å². The largest absolute Gasteiger partial charge is 0.497 e. The van der Waals surface area contributed by atoms with E-state index in [9.17, 15) is 4.79 Å². The highest BCUT2D eigenvalue weighted by Gasteiger charge is 2.11. The minimum Gasteiger partial charge on any atom is -0.497 e. The third kappa shape index (κ3) is 5.87. The molecule has 5 heteroatoms. The molecule has 0 aliphatic heterocycles. The van der Waals surface area contributed by atoms with Crippen LogP contribution in [-0.4, -0.2) is 32.2 Å². The molecule has 0 aromatic heterocycles. The maximum Gasteiger partial charge on any atom is 0.258 e. The van der Waals surface area contributed by atoms with Crippen molar-refractivity contribution in [2.75, 3.05) is 20.3 Å². The molecule has 0 saturated heterocycles. The van der Waals surface area contributed by atoms with Gasteiger partial charge in [0.25, 0.3) is 5.91 Å². The molecule has 0 aliphatic rings. The molecule has 0 radical (unpaired) electrons. The second kappa shape index (κ2) is 9.02. The van der Waals surface area contributed by atoms with Gasteiger partial charge in [-0.05, 0) is 36.6 Å². The van der Waals surface area contributed by atoms with E-state index in [0.29, 0.717) is 18.7 Å². The molecule has 1 unspecified atom stereocenters. The summed E-state index contributed by atoms with van der Waals surface area (Å²) in [7, 11) is 1.61. The molecule has 1 amide bonds. The number of carbonyl (C=O) groups excluding carboxylic acids is 1. The molecule has 116 valence electrons. The van der Waals surface area contributed by atoms with E-state index in [1.165, 1.54) is 0 Å². The summed E-state index contributed by atoms with van der Waals surface area (Å²) >= 11 is 0. The van der Waals surface area contributed by atoms with Gasteiger partial charge in [-0.25, -0.2) is 0 Å². The van der Waals surface area contributed by atoms with E-state index < -0.39 is 0 Å². The van der Waals surface area contributed by atoms with E-state index in [4.69, 9.17) is 15.2 Å². The Hall–Kier alpha value is -2.01. The van der Waals surface area contributed by atoms with Gasteiger partial charge in [0.15, 0.2) is 6.61 Å². The van der Waals surface area contributed by atoms with Crippen LogP contribution in [0.25, 0.3) is 0 Å². The van der Waals surface area contributed by atoms with Crippen LogP contribution >= 0.6 is 0 Å².